The van der Waals surface area contributed by atoms with Crippen molar-refractivity contribution < 1.29 is 28.5 Å². The number of piperidine rings is 1. The van der Waals surface area contributed by atoms with Crippen LogP contribution >= 0.6 is 0 Å². The van der Waals surface area contributed by atoms with E-state index in [2.05, 4.69) is 5.32 Å². The predicted molar refractivity (Wildman–Crippen MR) is 65.4 cm³/mol. The van der Waals surface area contributed by atoms with Gasteiger partial charge in [-0.05, 0) is 13.8 Å². The van der Waals surface area contributed by atoms with Crippen molar-refractivity contribution in [2.75, 3.05) is 7.11 Å². The molecule has 4 atom stereocenters. The van der Waals surface area contributed by atoms with E-state index in [1.807, 2.05) is 13.8 Å². The van der Waals surface area contributed by atoms with Gasteiger partial charge in [0.15, 0.2) is 12.1 Å². The lowest BCUT2D eigenvalue weighted by Gasteiger charge is -2.31. The third kappa shape index (κ3) is 2.35. The highest BCUT2D eigenvalue weighted by Gasteiger charge is 2.57. The third-order valence-corrected chi connectivity index (χ3v) is 3.94. The number of hydrogen-bond donors (Lipinski definition) is 1. The molecule has 0 spiro atoms. The molecule has 0 aromatic carbocycles. The molecule has 0 aromatic heterocycles. The van der Waals surface area contributed by atoms with E-state index < -0.39 is 12.1 Å². The summed E-state index contributed by atoms with van der Waals surface area (Å²) in [6.07, 6.45) is -1.07. The summed E-state index contributed by atoms with van der Waals surface area (Å²) in [5.41, 5.74) is 0. The lowest BCUT2D eigenvalue weighted by atomic mass is 9.88. The topological polar surface area (TPSA) is 83.1 Å². The van der Waals surface area contributed by atoms with Gasteiger partial charge < -0.3 is 18.9 Å². The summed E-state index contributed by atoms with van der Waals surface area (Å²) < 4.78 is 22.8. The van der Waals surface area contributed by atoms with Crippen molar-refractivity contribution >= 4 is 11.8 Å². The standard InChI is InChI=1S/C13H19NO6/c1-13(2)19-11-10(17-3)9(18-12(11)20-13)6-4-7(15)14-8(16)5-6/h6,9-12H,4-5H2,1-3H3,(H,14,15,16)/t9-,10-,11-,12+/m0/s1. The third-order valence-electron chi connectivity index (χ3n) is 3.94. The largest absolute Gasteiger partial charge is 0.376 e. The fourth-order valence-electron chi connectivity index (χ4n) is 3.19. The molecule has 112 valence electrons. The summed E-state index contributed by atoms with van der Waals surface area (Å²) in [5, 5.41) is 2.29. The molecule has 3 fully saturated rings. The van der Waals surface area contributed by atoms with Gasteiger partial charge in [0, 0.05) is 25.9 Å². The van der Waals surface area contributed by atoms with Crippen LogP contribution in [0.25, 0.3) is 0 Å². The van der Waals surface area contributed by atoms with Crippen LogP contribution in [0.3, 0.4) is 0 Å². The number of nitrogens with one attached hydrogen (secondary N) is 1. The average Bonchev–Trinajstić information content (AvgIpc) is 2.79. The smallest absolute Gasteiger partial charge is 0.226 e. The fraction of sp³-hybridized carbons (Fsp3) is 0.846. The molecular weight excluding hydrogens is 266 g/mol. The Balaban J connectivity index is 1.75. The molecule has 3 heterocycles. The Morgan fingerprint density at radius 1 is 1.15 bits per heavy atom. The summed E-state index contributed by atoms with van der Waals surface area (Å²) in [7, 11) is 1.57. The molecule has 1 N–H and O–H groups in total. The molecule has 7 heteroatoms. The maximum atomic E-state index is 11.5. The van der Waals surface area contributed by atoms with Gasteiger partial charge in [-0.2, -0.15) is 0 Å². The Morgan fingerprint density at radius 2 is 1.80 bits per heavy atom. The van der Waals surface area contributed by atoms with Gasteiger partial charge in [0.25, 0.3) is 0 Å². The Hall–Kier alpha value is -1.02. The lowest BCUT2D eigenvalue weighted by Crippen LogP contribution is -2.47. The van der Waals surface area contributed by atoms with Crippen molar-refractivity contribution in [3.05, 3.63) is 0 Å². The number of rotatable bonds is 2. The van der Waals surface area contributed by atoms with Crippen LogP contribution in [-0.4, -0.2) is 49.3 Å². The number of amides is 2. The second kappa shape index (κ2) is 4.77. The number of methoxy groups -OCH3 is 1. The molecule has 0 aromatic rings. The summed E-state index contributed by atoms with van der Waals surface area (Å²) in [6, 6.07) is 0. The van der Waals surface area contributed by atoms with E-state index in [0.717, 1.165) is 0 Å². The van der Waals surface area contributed by atoms with E-state index in [0.29, 0.717) is 0 Å². The van der Waals surface area contributed by atoms with Crippen molar-refractivity contribution in [3.8, 4) is 0 Å². The molecule has 0 bridgehead atoms. The summed E-state index contributed by atoms with van der Waals surface area (Å²) >= 11 is 0. The first-order valence-corrected chi connectivity index (χ1v) is 6.76. The molecule has 3 aliphatic heterocycles. The fourth-order valence-corrected chi connectivity index (χ4v) is 3.19. The van der Waals surface area contributed by atoms with Gasteiger partial charge in [-0.3, -0.25) is 14.9 Å². The molecule has 2 amide bonds. The highest BCUT2D eigenvalue weighted by molar-refractivity contribution is 5.97. The van der Waals surface area contributed by atoms with Gasteiger partial charge >= 0.3 is 0 Å². The summed E-state index contributed by atoms with van der Waals surface area (Å²) in [4.78, 5) is 23.0. The highest BCUT2D eigenvalue weighted by atomic mass is 16.8. The zero-order valence-electron chi connectivity index (χ0n) is 11.8. The number of ether oxygens (including phenoxy) is 4. The Morgan fingerprint density at radius 3 is 2.40 bits per heavy atom. The summed E-state index contributed by atoms with van der Waals surface area (Å²) in [5.74, 6) is -1.47. The first-order chi connectivity index (χ1) is 9.39. The van der Waals surface area contributed by atoms with Crippen LogP contribution in [0.5, 0.6) is 0 Å². The molecular formula is C13H19NO6. The average molecular weight is 285 g/mol. The quantitative estimate of drug-likeness (QED) is 0.715. The molecule has 0 aliphatic carbocycles. The van der Waals surface area contributed by atoms with Gasteiger partial charge in [0.05, 0.1) is 6.10 Å². The van der Waals surface area contributed by atoms with Crippen LogP contribution in [0.2, 0.25) is 0 Å². The number of carbonyl (C=O) groups is 2. The van der Waals surface area contributed by atoms with Gasteiger partial charge in [0.1, 0.15) is 12.2 Å². The van der Waals surface area contributed by atoms with Crippen LogP contribution in [0.1, 0.15) is 26.7 Å². The second-order valence-corrected chi connectivity index (χ2v) is 5.91. The molecule has 7 nitrogen and oxygen atoms in total. The van der Waals surface area contributed by atoms with E-state index in [4.69, 9.17) is 18.9 Å². The first kappa shape index (κ1) is 13.9. The van der Waals surface area contributed by atoms with E-state index in [9.17, 15) is 9.59 Å². The zero-order valence-corrected chi connectivity index (χ0v) is 11.8. The monoisotopic (exact) mass is 285 g/mol. The molecule has 0 saturated carbocycles. The lowest BCUT2D eigenvalue weighted by molar-refractivity contribution is -0.223. The predicted octanol–water partition coefficient (Wildman–Crippen LogP) is -0.0694. The minimum Gasteiger partial charge on any atom is -0.376 e. The maximum absolute atomic E-state index is 11.5. The maximum Gasteiger partial charge on any atom is 0.226 e. The van der Waals surface area contributed by atoms with Crippen LogP contribution < -0.4 is 5.32 Å². The number of imide groups is 1. The number of carbonyl (C=O) groups excluding carboxylic acids is 2. The van der Waals surface area contributed by atoms with Crippen LogP contribution in [0.4, 0.5) is 0 Å². The van der Waals surface area contributed by atoms with E-state index >= 15 is 0 Å². The van der Waals surface area contributed by atoms with Crippen molar-refractivity contribution in [3.63, 3.8) is 0 Å². The Labute approximate surface area is 116 Å². The number of hydrogen-bond acceptors (Lipinski definition) is 6. The van der Waals surface area contributed by atoms with E-state index in [1.54, 1.807) is 7.11 Å². The van der Waals surface area contributed by atoms with Crippen LogP contribution in [0.15, 0.2) is 0 Å². The normalized spacial score (nSPS) is 40.8. The summed E-state index contributed by atoms with van der Waals surface area (Å²) in [6.45, 7) is 3.63. The first-order valence-electron chi connectivity index (χ1n) is 6.76. The Kier molecular flexibility index (Phi) is 3.32. The highest BCUT2D eigenvalue weighted by Crippen LogP contribution is 2.42. The van der Waals surface area contributed by atoms with Gasteiger partial charge in [-0.15, -0.1) is 0 Å². The van der Waals surface area contributed by atoms with E-state index in [-0.39, 0.29) is 48.9 Å². The molecule has 20 heavy (non-hydrogen) atoms. The number of fused-ring (bicyclic) bond motifs is 1. The second-order valence-electron chi connectivity index (χ2n) is 5.91. The van der Waals surface area contributed by atoms with Gasteiger partial charge in [-0.1, -0.05) is 0 Å². The molecule has 3 saturated heterocycles. The van der Waals surface area contributed by atoms with Gasteiger partial charge in [-0.25, -0.2) is 0 Å². The minimum atomic E-state index is -0.711. The van der Waals surface area contributed by atoms with Crippen molar-refractivity contribution in [2.24, 2.45) is 5.92 Å². The van der Waals surface area contributed by atoms with Crippen molar-refractivity contribution in [1.29, 1.82) is 0 Å². The Bertz CT molecular complexity index is 421. The van der Waals surface area contributed by atoms with Crippen LogP contribution in [-0.2, 0) is 28.5 Å². The SMILES string of the molecule is CO[C@@H]1[C@@H]2OC(C)(C)O[C@H]2O[C@H]1C1CC(=O)NC(=O)C1. The molecule has 0 unspecified atom stereocenters. The van der Waals surface area contributed by atoms with Crippen LogP contribution in [0, 0.1) is 5.92 Å². The molecule has 3 rings (SSSR count). The molecule has 3 aliphatic rings. The van der Waals surface area contributed by atoms with Crippen molar-refractivity contribution in [2.45, 2.75) is 57.1 Å². The van der Waals surface area contributed by atoms with E-state index in [1.165, 1.54) is 0 Å². The van der Waals surface area contributed by atoms with Crippen molar-refractivity contribution in [1.82, 2.24) is 5.32 Å². The minimum absolute atomic E-state index is 0.206. The van der Waals surface area contributed by atoms with Gasteiger partial charge in [0.2, 0.25) is 11.8 Å². The molecule has 0 radical (unpaired) electrons. The zero-order chi connectivity index (χ0) is 14.5.